The molecule has 1 aliphatic rings. The number of anilines is 2. The van der Waals surface area contributed by atoms with Gasteiger partial charge in [-0.3, -0.25) is 9.78 Å². The summed E-state index contributed by atoms with van der Waals surface area (Å²) in [6.07, 6.45) is 2.15. The fourth-order valence-corrected chi connectivity index (χ4v) is 4.83. The average Bonchev–Trinajstić information content (AvgIpc) is 2.94. The van der Waals surface area contributed by atoms with Gasteiger partial charge in [-0.05, 0) is 50.1 Å². The quantitative estimate of drug-likeness (QED) is 0.872. The van der Waals surface area contributed by atoms with Gasteiger partial charge in [0.25, 0.3) is 5.91 Å². The van der Waals surface area contributed by atoms with Crippen LogP contribution in [0.25, 0.3) is 0 Å². The number of hydrogen-bond acceptors (Lipinski definition) is 5. The van der Waals surface area contributed by atoms with Crippen molar-refractivity contribution in [1.82, 2.24) is 4.98 Å². The van der Waals surface area contributed by atoms with Crippen molar-refractivity contribution in [3.05, 3.63) is 53.9 Å². The Balaban J connectivity index is 1.79. The minimum Gasteiger partial charge on any atom is -0.381 e. The molecule has 3 rings (SSSR count). The number of benzene rings is 1. The van der Waals surface area contributed by atoms with Gasteiger partial charge in [-0.1, -0.05) is 12.1 Å². The summed E-state index contributed by atoms with van der Waals surface area (Å²) in [4.78, 5) is 18.8. The van der Waals surface area contributed by atoms with E-state index in [0.29, 0.717) is 24.3 Å². The van der Waals surface area contributed by atoms with Crippen LogP contribution in [0.1, 0.15) is 29.4 Å². The van der Waals surface area contributed by atoms with Crippen LogP contribution in [0.2, 0.25) is 0 Å². The molecule has 26 heavy (non-hydrogen) atoms. The summed E-state index contributed by atoms with van der Waals surface area (Å²) in [5.41, 5.74) is 2.96. The summed E-state index contributed by atoms with van der Waals surface area (Å²) in [5.74, 6) is 0.155. The number of nitrogens with zero attached hydrogens (tertiary/aromatic N) is 2. The Bertz CT molecular complexity index is 912. The first kappa shape index (κ1) is 18.4. The Labute approximate surface area is 154 Å². The number of rotatable bonds is 5. The van der Waals surface area contributed by atoms with Gasteiger partial charge in [0.1, 0.15) is 5.69 Å². The van der Waals surface area contributed by atoms with E-state index in [-0.39, 0.29) is 23.5 Å². The lowest BCUT2D eigenvalue weighted by Crippen LogP contribution is -2.31. The molecule has 0 radical (unpaired) electrons. The first-order chi connectivity index (χ1) is 12.4. The van der Waals surface area contributed by atoms with E-state index in [1.807, 2.05) is 38.1 Å². The molecule has 1 amide bonds. The van der Waals surface area contributed by atoms with Gasteiger partial charge in [-0.25, -0.2) is 8.42 Å². The molecule has 7 heteroatoms. The number of carbonyl (C=O) groups excluding carboxylic acids is 1. The molecule has 6 nitrogen and oxygen atoms in total. The van der Waals surface area contributed by atoms with Gasteiger partial charge in [-0.2, -0.15) is 0 Å². The number of hydrogen-bond donors (Lipinski definition) is 1. The third-order valence-corrected chi connectivity index (χ3v) is 6.22. The van der Waals surface area contributed by atoms with Crippen molar-refractivity contribution in [2.24, 2.45) is 0 Å². The highest BCUT2D eigenvalue weighted by Crippen LogP contribution is 2.21. The normalized spacial score (nSPS) is 18.5. The van der Waals surface area contributed by atoms with Crippen LogP contribution in [0.3, 0.4) is 0 Å². The van der Waals surface area contributed by atoms with E-state index < -0.39 is 9.84 Å². The third kappa shape index (κ3) is 4.22. The summed E-state index contributed by atoms with van der Waals surface area (Å²) in [6.45, 7) is 4.44. The average molecular weight is 373 g/mol. The summed E-state index contributed by atoms with van der Waals surface area (Å²) >= 11 is 0. The molecular weight excluding hydrogens is 350 g/mol. The second-order valence-electron chi connectivity index (χ2n) is 6.56. The first-order valence-corrected chi connectivity index (χ1v) is 10.5. The number of amides is 1. The minimum atomic E-state index is -2.95. The monoisotopic (exact) mass is 373 g/mol. The maximum absolute atomic E-state index is 12.9. The van der Waals surface area contributed by atoms with E-state index in [1.54, 1.807) is 23.2 Å². The highest BCUT2D eigenvalue weighted by molar-refractivity contribution is 7.91. The van der Waals surface area contributed by atoms with Gasteiger partial charge in [0.05, 0.1) is 11.5 Å². The van der Waals surface area contributed by atoms with Crippen molar-refractivity contribution in [2.75, 3.05) is 28.3 Å². The minimum absolute atomic E-state index is 0.121. The molecule has 0 saturated carbocycles. The Morgan fingerprint density at radius 3 is 2.77 bits per heavy atom. The highest BCUT2D eigenvalue weighted by atomic mass is 32.2. The Hall–Kier alpha value is -2.41. The number of aromatic nitrogens is 1. The van der Waals surface area contributed by atoms with Crippen LogP contribution < -0.4 is 10.2 Å². The van der Waals surface area contributed by atoms with E-state index in [4.69, 9.17) is 0 Å². The zero-order valence-electron chi connectivity index (χ0n) is 15.0. The van der Waals surface area contributed by atoms with E-state index in [1.165, 1.54) is 0 Å². The molecule has 1 fully saturated rings. The summed E-state index contributed by atoms with van der Waals surface area (Å²) in [6, 6.07) is 11.1. The molecule has 1 aromatic carbocycles. The van der Waals surface area contributed by atoms with Gasteiger partial charge < -0.3 is 10.2 Å². The van der Waals surface area contributed by atoms with Crippen LogP contribution in [0.5, 0.6) is 0 Å². The predicted molar refractivity (Wildman–Crippen MR) is 103 cm³/mol. The largest absolute Gasteiger partial charge is 0.381 e. The number of sulfone groups is 1. The van der Waals surface area contributed by atoms with Crippen LogP contribution in [-0.2, 0) is 9.84 Å². The fourth-order valence-electron chi connectivity index (χ4n) is 3.16. The summed E-state index contributed by atoms with van der Waals surface area (Å²) in [5, 5.41) is 3.21. The van der Waals surface area contributed by atoms with Crippen molar-refractivity contribution in [1.29, 1.82) is 0 Å². The van der Waals surface area contributed by atoms with Gasteiger partial charge in [0, 0.05) is 30.2 Å². The molecule has 1 aliphatic heterocycles. The molecule has 1 aromatic heterocycles. The molecule has 1 atom stereocenters. The van der Waals surface area contributed by atoms with E-state index in [2.05, 4.69) is 10.3 Å². The first-order valence-electron chi connectivity index (χ1n) is 8.69. The molecule has 1 saturated heterocycles. The van der Waals surface area contributed by atoms with Gasteiger partial charge in [-0.15, -0.1) is 0 Å². The van der Waals surface area contributed by atoms with E-state index in [0.717, 1.165) is 11.3 Å². The van der Waals surface area contributed by atoms with Gasteiger partial charge in [0.2, 0.25) is 0 Å². The molecule has 2 heterocycles. The predicted octanol–water partition coefficient (Wildman–Crippen LogP) is 2.66. The smallest absolute Gasteiger partial charge is 0.276 e. The zero-order chi connectivity index (χ0) is 18.7. The molecule has 2 aromatic rings. The van der Waals surface area contributed by atoms with Crippen molar-refractivity contribution in [3.8, 4) is 0 Å². The molecule has 1 unspecified atom stereocenters. The van der Waals surface area contributed by atoms with Gasteiger partial charge >= 0.3 is 0 Å². The van der Waals surface area contributed by atoms with Crippen LogP contribution in [0.15, 0.2) is 42.6 Å². The third-order valence-electron chi connectivity index (χ3n) is 4.46. The Kier molecular flexibility index (Phi) is 5.27. The summed E-state index contributed by atoms with van der Waals surface area (Å²) in [7, 11) is -2.95. The Morgan fingerprint density at radius 2 is 2.12 bits per heavy atom. The van der Waals surface area contributed by atoms with Crippen molar-refractivity contribution < 1.29 is 13.2 Å². The van der Waals surface area contributed by atoms with Crippen LogP contribution in [0.4, 0.5) is 11.4 Å². The maximum Gasteiger partial charge on any atom is 0.276 e. The number of nitrogens with one attached hydrogen (secondary N) is 1. The van der Waals surface area contributed by atoms with Crippen LogP contribution >= 0.6 is 0 Å². The number of aryl methyl sites for hydroxylation is 1. The second kappa shape index (κ2) is 7.45. The molecule has 1 N–H and O–H groups in total. The van der Waals surface area contributed by atoms with E-state index >= 15 is 0 Å². The fraction of sp³-hybridized carbons (Fsp3) is 0.368. The SMILES string of the molecule is CCN(C(=O)c1cc(NC2CCS(=O)(=O)C2)ccn1)c1cccc(C)c1. The summed E-state index contributed by atoms with van der Waals surface area (Å²) < 4.78 is 23.2. The zero-order valence-corrected chi connectivity index (χ0v) is 15.8. The lowest BCUT2D eigenvalue weighted by Gasteiger charge is -2.21. The molecule has 0 spiro atoms. The molecule has 138 valence electrons. The number of carbonyl (C=O) groups is 1. The van der Waals surface area contributed by atoms with Crippen LogP contribution in [0, 0.1) is 6.92 Å². The van der Waals surface area contributed by atoms with Gasteiger partial charge in [0.15, 0.2) is 9.84 Å². The topological polar surface area (TPSA) is 79.4 Å². The van der Waals surface area contributed by atoms with Crippen molar-refractivity contribution in [2.45, 2.75) is 26.3 Å². The lowest BCUT2D eigenvalue weighted by atomic mass is 10.2. The Morgan fingerprint density at radius 1 is 1.31 bits per heavy atom. The standard InChI is InChI=1S/C19H23N3O3S/c1-3-22(17-6-4-5-14(2)11-17)19(23)18-12-15(7-9-20-18)21-16-8-10-26(24,25)13-16/h4-7,9,11-12,16H,3,8,10,13H2,1-2H3,(H,20,21). The molecule has 0 aliphatic carbocycles. The lowest BCUT2D eigenvalue weighted by molar-refractivity contribution is 0.0983. The molecule has 0 bridgehead atoms. The van der Waals surface area contributed by atoms with Crippen molar-refractivity contribution >= 4 is 27.1 Å². The number of pyridine rings is 1. The van der Waals surface area contributed by atoms with E-state index in [9.17, 15) is 13.2 Å². The highest BCUT2D eigenvalue weighted by Gasteiger charge is 2.28. The maximum atomic E-state index is 12.9. The van der Waals surface area contributed by atoms with Crippen molar-refractivity contribution in [3.63, 3.8) is 0 Å². The van der Waals surface area contributed by atoms with Crippen LogP contribution in [-0.4, -0.2) is 43.4 Å². The second-order valence-corrected chi connectivity index (χ2v) is 8.79. The molecular formula is C19H23N3O3S.